The van der Waals surface area contributed by atoms with Gasteiger partial charge in [-0.15, -0.1) is 11.8 Å². The summed E-state index contributed by atoms with van der Waals surface area (Å²) in [4.78, 5) is 96.5. The Labute approximate surface area is 287 Å². The molecule has 0 aromatic rings. The van der Waals surface area contributed by atoms with Crippen molar-refractivity contribution in [2.45, 2.75) is 109 Å². The summed E-state index contributed by atoms with van der Waals surface area (Å²) in [7, 11) is 0. The molecule has 0 aliphatic carbocycles. The van der Waals surface area contributed by atoms with Crippen LogP contribution in [0.15, 0.2) is 0 Å². The number of hydrogen-bond donors (Lipinski definition) is 5. The van der Waals surface area contributed by atoms with E-state index in [9.17, 15) is 38.4 Å². The fourth-order valence-corrected chi connectivity index (χ4v) is 5.58. The molecule has 0 spiro atoms. The minimum Gasteiger partial charge on any atom is -0.480 e. The number of thioether (sulfide) groups is 1. The number of amides is 3. The number of carboxylic acids is 1. The van der Waals surface area contributed by atoms with Gasteiger partial charge in [-0.3, -0.25) is 38.4 Å². The van der Waals surface area contributed by atoms with Gasteiger partial charge in [-0.1, -0.05) is 0 Å². The van der Waals surface area contributed by atoms with Crippen LogP contribution in [-0.4, -0.2) is 132 Å². The number of hydrogen-bond acceptors (Lipinski definition) is 16. The van der Waals surface area contributed by atoms with Crippen molar-refractivity contribution < 1.29 is 71.9 Å². The summed E-state index contributed by atoms with van der Waals surface area (Å²) >= 11 is 0.864. The molecule has 3 amide bonds. The average Bonchev–Trinajstić information content (AvgIpc) is 2.95. The molecule has 0 aromatic heterocycles. The van der Waals surface area contributed by atoms with Crippen LogP contribution in [0.4, 0.5) is 0 Å². The Kier molecular flexibility index (Phi) is 17.4. The number of nitrogens with two attached hydrogens (primary N) is 1. The van der Waals surface area contributed by atoms with Crippen LogP contribution >= 0.6 is 11.8 Å². The minimum atomic E-state index is -1.41. The third-order valence-corrected chi connectivity index (χ3v) is 7.43. The number of nitrogens with one attached hydrogen (secondary N) is 3. The lowest BCUT2D eigenvalue weighted by Crippen LogP contribution is -2.61. The van der Waals surface area contributed by atoms with Crippen molar-refractivity contribution in [1.29, 1.82) is 0 Å². The summed E-state index contributed by atoms with van der Waals surface area (Å²) in [5.74, 6) is -7.05. The summed E-state index contributed by atoms with van der Waals surface area (Å²) < 4.78 is 32.8. The van der Waals surface area contributed by atoms with E-state index in [4.69, 9.17) is 39.3 Å². The molecule has 1 rings (SSSR count). The van der Waals surface area contributed by atoms with Crippen LogP contribution in [0.25, 0.3) is 0 Å². The molecule has 19 nitrogen and oxygen atoms in total. The van der Waals surface area contributed by atoms with Crippen LogP contribution in [0.5, 0.6) is 0 Å². The van der Waals surface area contributed by atoms with Crippen LogP contribution in [0.3, 0.4) is 0 Å². The van der Waals surface area contributed by atoms with Crippen molar-refractivity contribution in [1.82, 2.24) is 16.0 Å². The molecule has 278 valence electrons. The van der Waals surface area contributed by atoms with Gasteiger partial charge in [0.15, 0.2) is 18.3 Å². The Balaban J connectivity index is 3.05. The van der Waals surface area contributed by atoms with Crippen molar-refractivity contribution in [2.75, 3.05) is 25.4 Å². The first-order valence-electron chi connectivity index (χ1n) is 15.0. The summed E-state index contributed by atoms with van der Waals surface area (Å²) in [6.07, 6.45) is -6.22. The zero-order valence-corrected chi connectivity index (χ0v) is 29.4. The number of carbonyl (C=O) groups is 8. The molecule has 4 unspecified atom stereocenters. The molecule has 0 aromatic carbocycles. The topological polar surface area (TPSA) is 274 Å². The average molecular weight is 723 g/mol. The second-order valence-electron chi connectivity index (χ2n) is 11.8. The minimum absolute atomic E-state index is 0.210. The predicted octanol–water partition coefficient (Wildman–Crippen LogP) is -1.86. The molecular formula is C29H46N4O15S. The largest absolute Gasteiger partial charge is 0.480 e. The molecule has 8 atom stereocenters. The molecule has 0 bridgehead atoms. The molecule has 20 heteroatoms. The van der Waals surface area contributed by atoms with E-state index < -0.39 is 121 Å². The smallest absolute Gasteiger partial charge is 0.322 e. The predicted molar refractivity (Wildman–Crippen MR) is 168 cm³/mol. The Morgan fingerprint density at radius 3 is 1.86 bits per heavy atom. The van der Waals surface area contributed by atoms with Gasteiger partial charge in [0.05, 0.1) is 24.3 Å². The second-order valence-corrected chi connectivity index (χ2v) is 12.9. The van der Waals surface area contributed by atoms with Crippen molar-refractivity contribution in [3.8, 4) is 0 Å². The molecule has 1 aliphatic heterocycles. The van der Waals surface area contributed by atoms with E-state index in [2.05, 4.69) is 16.0 Å². The van der Waals surface area contributed by atoms with E-state index in [1.54, 1.807) is 20.8 Å². The van der Waals surface area contributed by atoms with Crippen molar-refractivity contribution in [3.05, 3.63) is 0 Å². The lowest BCUT2D eigenvalue weighted by molar-refractivity contribution is -0.237. The zero-order chi connectivity index (χ0) is 37.6. The standard InChI is InChI=1S/C29H46N4O15S/c1-13(48-29(6,7)8)22(27(42)32-10-21(39)40)33-20(38)9-31-26(41)18(30)12-49-28-25(46-17(5)37)24(45-16(4)36)23(44-15(3)35)19(47-28)11-43-14(2)34/h13,18-19,22-25,28H,9-12,30H2,1-8H3,(H,31,41)(H,32,42)(H,33,38)(H,39,40)/t13-,18?,19?,22+,23+,24?,25?,28+/m1/s1. The maximum absolute atomic E-state index is 12.8. The van der Waals surface area contributed by atoms with Crippen molar-refractivity contribution in [2.24, 2.45) is 5.73 Å². The summed E-state index contributed by atoms with van der Waals surface area (Å²) in [5, 5.41) is 15.8. The third kappa shape index (κ3) is 16.3. The SMILES string of the molecule is CC(=O)OCC1O[C@@H](SCC(N)C(=O)NCC(=O)N[C@H](C(=O)NCC(=O)O)[C@@H](C)OC(C)(C)C)C(OC(C)=O)C(OC(C)=O)[C@H]1OC(C)=O. The van der Waals surface area contributed by atoms with Gasteiger partial charge < -0.3 is 55.2 Å². The van der Waals surface area contributed by atoms with E-state index in [1.807, 2.05) is 0 Å². The first-order chi connectivity index (χ1) is 22.6. The van der Waals surface area contributed by atoms with Crippen molar-refractivity contribution in [3.63, 3.8) is 0 Å². The molecular weight excluding hydrogens is 676 g/mol. The Morgan fingerprint density at radius 2 is 1.35 bits per heavy atom. The highest BCUT2D eigenvalue weighted by atomic mass is 32.2. The molecule has 1 heterocycles. The van der Waals surface area contributed by atoms with Crippen molar-refractivity contribution >= 4 is 59.3 Å². The Morgan fingerprint density at radius 1 is 0.816 bits per heavy atom. The first-order valence-corrected chi connectivity index (χ1v) is 16.1. The monoisotopic (exact) mass is 722 g/mol. The molecule has 0 saturated carbocycles. The highest BCUT2D eigenvalue weighted by Crippen LogP contribution is 2.34. The second kappa shape index (κ2) is 19.9. The fraction of sp³-hybridized carbons (Fsp3) is 0.724. The number of ether oxygens (including phenoxy) is 6. The zero-order valence-electron chi connectivity index (χ0n) is 28.6. The van der Waals surface area contributed by atoms with Gasteiger partial charge in [-0.2, -0.15) is 0 Å². The number of esters is 4. The van der Waals surface area contributed by atoms with Gasteiger partial charge in [0.1, 0.15) is 30.7 Å². The van der Waals surface area contributed by atoms with E-state index >= 15 is 0 Å². The highest BCUT2D eigenvalue weighted by molar-refractivity contribution is 7.99. The van der Waals surface area contributed by atoms with Gasteiger partial charge in [-0.05, 0) is 27.7 Å². The van der Waals surface area contributed by atoms with E-state index in [0.717, 1.165) is 39.5 Å². The molecule has 1 aliphatic rings. The highest BCUT2D eigenvalue weighted by Gasteiger charge is 2.52. The molecule has 1 fully saturated rings. The summed E-state index contributed by atoms with van der Waals surface area (Å²) in [6.45, 7) is 9.29. The molecule has 49 heavy (non-hydrogen) atoms. The first kappa shape index (κ1) is 43.0. The number of rotatable bonds is 17. The lowest BCUT2D eigenvalue weighted by Gasteiger charge is -2.44. The van der Waals surface area contributed by atoms with E-state index in [0.29, 0.717) is 0 Å². The maximum atomic E-state index is 12.8. The van der Waals surface area contributed by atoms with E-state index in [-0.39, 0.29) is 5.75 Å². The van der Waals surface area contributed by atoms with E-state index in [1.165, 1.54) is 6.92 Å². The van der Waals surface area contributed by atoms with Gasteiger partial charge in [0.2, 0.25) is 17.7 Å². The maximum Gasteiger partial charge on any atom is 0.322 e. The quantitative estimate of drug-likeness (QED) is 0.0813. The summed E-state index contributed by atoms with van der Waals surface area (Å²) in [5.41, 5.74) is 4.15. The normalized spacial score (nSPS) is 22.3. The lowest BCUT2D eigenvalue weighted by atomic mass is 9.99. The Hall–Kier alpha value is -4.01. The third-order valence-electron chi connectivity index (χ3n) is 6.17. The number of carboxylic acid groups (broad SMARTS) is 1. The van der Waals surface area contributed by atoms with Gasteiger partial charge in [0.25, 0.3) is 0 Å². The number of carbonyl (C=O) groups excluding carboxylic acids is 7. The molecule has 6 N–H and O–H groups in total. The molecule has 1 saturated heterocycles. The van der Waals surface area contributed by atoms with Crippen LogP contribution in [-0.2, 0) is 66.8 Å². The van der Waals surface area contributed by atoms with Crippen LogP contribution in [0.1, 0.15) is 55.4 Å². The molecule has 0 radical (unpaired) electrons. The summed E-state index contributed by atoms with van der Waals surface area (Å²) in [6, 6.07) is -2.60. The van der Waals surface area contributed by atoms with Crippen LogP contribution in [0, 0.1) is 0 Å². The fourth-order valence-electron chi connectivity index (χ4n) is 4.41. The van der Waals surface area contributed by atoms with Gasteiger partial charge >= 0.3 is 29.8 Å². The van der Waals surface area contributed by atoms with Gasteiger partial charge in [0, 0.05) is 33.4 Å². The number of aliphatic carboxylic acids is 1. The van der Waals surface area contributed by atoms with Crippen LogP contribution < -0.4 is 21.7 Å². The Bertz CT molecular complexity index is 1230. The van der Waals surface area contributed by atoms with Crippen LogP contribution in [0.2, 0.25) is 0 Å². The van der Waals surface area contributed by atoms with Gasteiger partial charge in [-0.25, -0.2) is 0 Å².